The molecule has 0 aromatic rings. The molecule has 0 aromatic carbocycles. The molecule has 1 saturated heterocycles. The molecular weight excluding hydrogens is 212 g/mol. The molecule has 1 aliphatic heterocycles. The highest BCUT2D eigenvalue weighted by Gasteiger charge is 2.46. The van der Waals surface area contributed by atoms with Gasteiger partial charge in [-0.25, -0.2) is 0 Å². The number of allylic oxidation sites excluding steroid dienone is 2. The van der Waals surface area contributed by atoms with Crippen molar-refractivity contribution in [1.29, 1.82) is 0 Å². The Morgan fingerprint density at radius 2 is 2.00 bits per heavy atom. The highest BCUT2D eigenvalue weighted by Crippen LogP contribution is 2.44. The van der Waals surface area contributed by atoms with Crippen molar-refractivity contribution in [3.63, 3.8) is 0 Å². The van der Waals surface area contributed by atoms with Crippen molar-refractivity contribution >= 4 is 0 Å². The Hall–Kier alpha value is -0.340. The van der Waals surface area contributed by atoms with Crippen LogP contribution in [0.25, 0.3) is 0 Å². The zero-order chi connectivity index (χ0) is 12.7. The number of hydrogen-bond acceptors (Lipinski definition) is 2. The molecule has 2 heteroatoms. The molecule has 1 aliphatic carbocycles. The van der Waals surface area contributed by atoms with Crippen molar-refractivity contribution in [3.8, 4) is 0 Å². The smallest absolute Gasteiger partial charge is 0.0891 e. The lowest BCUT2D eigenvalue weighted by Crippen LogP contribution is -2.55. The number of ether oxygens (including phenoxy) is 1. The molecule has 1 heterocycles. The van der Waals surface area contributed by atoms with Crippen LogP contribution in [0.2, 0.25) is 0 Å². The molecule has 0 bridgehead atoms. The quantitative estimate of drug-likeness (QED) is 0.709. The average Bonchev–Trinajstić information content (AvgIpc) is 2.24. The second kappa shape index (κ2) is 4.40. The Morgan fingerprint density at radius 3 is 2.53 bits per heavy atom. The second-order valence-corrected chi connectivity index (χ2v) is 6.59. The molecule has 0 spiro atoms. The van der Waals surface area contributed by atoms with Gasteiger partial charge in [-0.05, 0) is 65.7 Å². The first-order chi connectivity index (χ1) is 7.83. The maximum absolute atomic E-state index is 9.97. The first-order valence-corrected chi connectivity index (χ1v) is 6.87. The van der Waals surface area contributed by atoms with Gasteiger partial charge in [-0.15, -0.1) is 0 Å². The van der Waals surface area contributed by atoms with Crippen LogP contribution in [0, 0.1) is 5.92 Å². The van der Waals surface area contributed by atoms with Gasteiger partial charge in [0.25, 0.3) is 0 Å². The van der Waals surface area contributed by atoms with E-state index in [1.54, 1.807) is 0 Å². The van der Waals surface area contributed by atoms with Crippen molar-refractivity contribution < 1.29 is 9.84 Å². The summed E-state index contributed by atoms with van der Waals surface area (Å²) in [5, 5.41) is 9.97. The molecule has 2 aliphatic rings. The molecule has 2 nitrogen and oxygen atoms in total. The molecule has 98 valence electrons. The van der Waals surface area contributed by atoms with Gasteiger partial charge in [-0.3, -0.25) is 0 Å². The first kappa shape index (κ1) is 13.1. The normalized spacial score (nSPS) is 42.1. The van der Waals surface area contributed by atoms with E-state index in [2.05, 4.69) is 19.9 Å². The standard InChI is InChI=1S/C15H26O2/c1-11-5-7-12(8-6-11)15(4)10-9-13(16)14(2,3)17-15/h5,12-13,16H,6-10H2,1-4H3/t12-,13+,15-/m1/s1. The van der Waals surface area contributed by atoms with E-state index < -0.39 is 5.60 Å². The third-order valence-electron chi connectivity index (χ3n) is 4.71. The zero-order valence-electron chi connectivity index (χ0n) is 11.6. The molecule has 0 radical (unpaired) electrons. The van der Waals surface area contributed by atoms with Crippen molar-refractivity contribution in [2.24, 2.45) is 5.92 Å². The summed E-state index contributed by atoms with van der Waals surface area (Å²) in [5.74, 6) is 0.609. The molecule has 0 unspecified atom stereocenters. The fourth-order valence-corrected chi connectivity index (χ4v) is 3.30. The summed E-state index contributed by atoms with van der Waals surface area (Å²) in [6, 6.07) is 0. The summed E-state index contributed by atoms with van der Waals surface area (Å²) in [6.07, 6.45) is 7.45. The van der Waals surface area contributed by atoms with Gasteiger partial charge in [0.2, 0.25) is 0 Å². The Labute approximate surface area is 105 Å². The molecule has 17 heavy (non-hydrogen) atoms. The van der Waals surface area contributed by atoms with E-state index in [4.69, 9.17) is 4.74 Å². The number of hydrogen-bond donors (Lipinski definition) is 1. The summed E-state index contributed by atoms with van der Waals surface area (Å²) in [4.78, 5) is 0. The minimum absolute atomic E-state index is 0.0556. The highest BCUT2D eigenvalue weighted by molar-refractivity contribution is 5.07. The topological polar surface area (TPSA) is 29.5 Å². The van der Waals surface area contributed by atoms with Gasteiger partial charge < -0.3 is 9.84 Å². The van der Waals surface area contributed by atoms with E-state index >= 15 is 0 Å². The van der Waals surface area contributed by atoms with Crippen LogP contribution < -0.4 is 0 Å². The van der Waals surface area contributed by atoms with Gasteiger partial charge in [0, 0.05) is 0 Å². The van der Waals surface area contributed by atoms with Crippen molar-refractivity contribution in [3.05, 3.63) is 11.6 Å². The van der Waals surface area contributed by atoms with Crippen molar-refractivity contribution in [2.45, 2.75) is 77.1 Å². The van der Waals surface area contributed by atoms with Crippen LogP contribution in [0.1, 0.15) is 59.8 Å². The van der Waals surface area contributed by atoms with E-state index in [-0.39, 0.29) is 11.7 Å². The van der Waals surface area contributed by atoms with Crippen molar-refractivity contribution in [2.75, 3.05) is 0 Å². The third kappa shape index (κ3) is 2.58. The van der Waals surface area contributed by atoms with Crippen molar-refractivity contribution in [1.82, 2.24) is 0 Å². The molecule has 0 amide bonds. The number of rotatable bonds is 1. The monoisotopic (exact) mass is 238 g/mol. The van der Waals surface area contributed by atoms with E-state index in [0.717, 1.165) is 19.3 Å². The Balaban J connectivity index is 2.10. The Morgan fingerprint density at radius 1 is 1.29 bits per heavy atom. The van der Waals surface area contributed by atoms with Gasteiger partial charge >= 0.3 is 0 Å². The lowest BCUT2D eigenvalue weighted by molar-refractivity contribution is -0.233. The van der Waals surface area contributed by atoms with Crippen LogP contribution >= 0.6 is 0 Å². The maximum Gasteiger partial charge on any atom is 0.0891 e. The largest absolute Gasteiger partial charge is 0.390 e. The van der Waals surface area contributed by atoms with Gasteiger partial charge in [0.05, 0.1) is 17.3 Å². The van der Waals surface area contributed by atoms with Gasteiger partial charge in [0.1, 0.15) is 0 Å². The molecule has 3 atom stereocenters. The van der Waals surface area contributed by atoms with Crippen LogP contribution in [0.4, 0.5) is 0 Å². The fourth-order valence-electron chi connectivity index (χ4n) is 3.30. The molecule has 1 fully saturated rings. The predicted molar refractivity (Wildman–Crippen MR) is 69.9 cm³/mol. The molecule has 1 N–H and O–H groups in total. The zero-order valence-corrected chi connectivity index (χ0v) is 11.6. The minimum atomic E-state index is -0.400. The van der Waals surface area contributed by atoms with Gasteiger partial charge in [-0.1, -0.05) is 11.6 Å². The highest BCUT2D eigenvalue weighted by atomic mass is 16.5. The molecular formula is C15H26O2. The minimum Gasteiger partial charge on any atom is -0.390 e. The second-order valence-electron chi connectivity index (χ2n) is 6.59. The van der Waals surface area contributed by atoms with Gasteiger partial charge in [-0.2, -0.15) is 0 Å². The number of aliphatic hydroxyl groups is 1. The van der Waals surface area contributed by atoms with E-state index in [9.17, 15) is 5.11 Å². The fraction of sp³-hybridized carbons (Fsp3) is 0.867. The van der Waals surface area contributed by atoms with Crippen LogP contribution in [-0.2, 0) is 4.74 Å². The summed E-state index contributed by atoms with van der Waals surface area (Å²) in [7, 11) is 0. The lowest BCUT2D eigenvalue weighted by atomic mass is 9.73. The van der Waals surface area contributed by atoms with Crippen LogP contribution in [-0.4, -0.2) is 22.4 Å². The predicted octanol–water partition coefficient (Wildman–Crippen LogP) is 3.44. The van der Waals surface area contributed by atoms with Gasteiger partial charge in [0.15, 0.2) is 0 Å². The van der Waals surface area contributed by atoms with Crippen LogP contribution in [0.5, 0.6) is 0 Å². The van der Waals surface area contributed by atoms with E-state index in [1.807, 2.05) is 13.8 Å². The average molecular weight is 238 g/mol. The lowest BCUT2D eigenvalue weighted by Gasteiger charge is -2.50. The SMILES string of the molecule is CC1=CC[C@@H]([C@@]2(C)CC[C@H](O)C(C)(C)O2)CC1. The summed E-state index contributed by atoms with van der Waals surface area (Å²) in [6.45, 7) is 8.48. The van der Waals surface area contributed by atoms with Crippen LogP contribution in [0.15, 0.2) is 11.6 Å². The summed E-state index contributed by atoms with van der Waals surface area (Å²) >= 11 is 0. The molecule has 2 rings (SSSR count). The Bertz CT molecular complexity index is 319. The maximum atomic E-state index is 9.97. The summed E-state index contributed by atoms with van der Waals surface area (Å²) < 4.78 is 6.27. The van der Waals surface area contributed by atoms with E-state index in [0.29, 0.717) is 5.92 Å². The van der Waals surface area contributed by atoms with Crippen LogP contribution in [0.3, 0.4) is 0 Å². The molecule has 0 aromatic heterocycles. The number of aliphatic hydroxyl groups excluding tert-OH is 1. The third-order valence-corrected chi connectivity index (χ3v) is 4.71. The molecule has 0 saturated carbocycles. The van der Waals surface area contributed by atoms with E-state index in [1.165, 1.54) is 18.4 Å². The first-order valence-electron chi connectivity index (χ1n) is 6.87. The summed E-state index contributed by atoms with van der Waals surface area (Å²) in [5.41, 5.74) is 1.06. The Kier molecular flexibility index (Phi) is 3.39.